The fourth-order valence-electron chi connectivity index (χ4n) is 1.16. The fourth-order valence-corrected chi connectivity index (χ4v) is 1.16. The second kappa shape index (κ2) is 5.14. The summed E-state index contributed by atoms with van der Waals surface area (Å²) in [5.41, 5.74) is 5.88. The summed E-state index contributed by atoms with van der Waals surface area (Å²) >= 11 is 0. The third kappa shape index (κ3) is 2.43. The lowest BCUT2D eigenvalue weighted by atomic mass is 10.1. The minimum Gasteiger partial charge on any atom is -0.461 e. The first-order chi connectivity index (χ1) is 7.18. The van der Waals surface area contributed by atoms with E-state index in [4.69, 9.17) is 14.7 Å². The summed E-state index contributed by atoms with van der Waals surface area (Å²) in [7, 11) is 0. The molecular weight excluding hydrogens is 230 g/mol. The van der Waals surface area contributed by atoms with Gasteiger partial charge < -0.3 is 14.7 Å². The molecule has 0 saturated heterocycles. The zero-order chi connectivity index (χ0) is 10.8. The zero-order valence-corrected chi connectivity index (χ0v) is 9.90. The third-order valence-corrected chi connectivity index (χ3v) is 2.19. The molecule has 1 unspecified atom stereocenters. The molecule has 88 valence electrons. The summed E-state index contributed by atoms with van der Waals surface area (Å²) < 4.78 is 10.2. The molecule has 5 nitrogen and oxygen atoms in total. The van der Waals surface area contributed by atoms with Gasteiger partial charge in [-0.3, -0.25) is 0 Å². The highest BCUT2D eigenvalue weighted by Gasteiger charge is 2.19. The molecule has 0 aliphatic carbocycles. The molecule has 0 aliphatic heterocycles. The van der Waals surface area contributed by atoms with Crippen LogP contribution in [0.3, 0.4) is 0 Å². The molecule has 2 aromatic rings. The van der Waals surface area contributed by atoms with Crippen LogP contribution in [0.5, 0.6) is 0 Å². The molecule has 0 fully saturated rings. The highest BCUT2D eigenvalue weighted by Crippen LogP contribution is 2.21. The van der Waals surface area contributed by atoms with Gasteiger partial charge in [0.25, 0.3) is 0 Å². The molecule has 0 aromatic carbocycles. The van der Waals surface area contributed by atoms with Crippen LogP contribution in [0.1, 0.15) is 25.8 Å². The number of aromatic nitrogens is 2. The van der Waals surface area contributed by atoms with Crippen LogP contribution in [0, 0.1) is 5.92 Å². The van der Waals surface area contributed by atoms with E-state index < -0.39 is 0 Å². The Hall–Kier alpha value is -1.33. The van der Waals surface area contributed by atoms with Crippen LogP contribution in [0.2, 0.25) is 0 Å². The van der Waals surface area contributed by atoms with E-state index in [1.807, 2.05) is 13.8 Å². The van der Waals surface area contributed by atoms with Gasteiger partial charge in [0.2, 0.25) is 11.7 Å². The molecule has 0 radical (unpaired) electrons. The predicted molar refractivity (Wildman–Crippen MR) is 61.0 cm³/mol. The van der Waals surface area contributed by atoms with E-state index in [1.165, 1.54) is 0 Å². The molecule has 1 atom stereocenters. The van der Waals surface area contributed by atoms with E-state index in [0.717, 1.165) is 0 Å². The summed E-state index contributed by atoms with van der Waals surface area (Å²) in [5, 5.41) is 3.80. The maximum atomic E-state index is 5.88. The Morgan fingerprint density at radius 3 is 2.69 bits per heavy atom. The van der Waals surface area contributed by atoms with E-state index in [9.17, 15) is 0 Å². The maximum absolute atomic E-state index is 5.88. The summed E-state index contributed by atoms with van der Waals surface area (Å²) in [6, 6.07) is 3.31. The fraction of sp³-hybridized carbons (Fsp3) is 0.400. The van der Waals surface area contributed by atoms with E-state index in [-0.39, 0.29) is 24.4 Å². The first-order valence-corrected chi connectivity index (χ1v) is 4.81. The van der Waals surface area contributed by atoms with E-state index in [2.05, 4.69) is 10.1 Å². The standard InChI is InChI=1S/C10H13N3O2.ClH/c1-6(2)8(11)10-12-9(13-15-10)7-4-3-5-14-7;/h3-6,8H,11H2,1-2H3;1H. The van der Waals surface area contributed by atoms with Gasteiger partial charge in [-0.1, -0.05) is 19.0 Å². The van der Waals surface area contributed by atoms with Crippen LogP contribution in [0.25, 0.3) is 11.6 Å². The Bertz CT molecular complexity index is 425. The number of furan rings is 1. The Labute approximate surface area is 99.4 Å². The SMILES string of the molecule is CC(C)C(N)c1nc(-c2ccco2)no1.Cl. The van der Waals surface area contributed by atoms with Gasteiger partial charge in [0.1, 0.15) is 0 Å². The van der Waals surface area contributed by atoms with Crippen LogP contribution in [0.4, 0.5) is 0 Å². The van der Waals surface area contributed by atoms with Gasteiger partial charge in [-0.2, -0.15) is 4.98 Å². The normalized spacial score (nSPS) is 12.5. The summed E-state index contributed by atoms with van der Waals surface area (Å²) in [5.74, 6) is 1.72. The molecule has 6 heteroatoms. The Balaban J connectivity index is 0.00000128. The van der Waals surface area contributed by atoms with Gasteiger partial charge >= 0.3 is 0 Å². The molecule has 0 bridgehead atoms. The molecule has 2 heterocycles. The highest BCUT2D eigenvalue weighted by atomic mass is 35.5. The number of nitrogens with two attached hydrogens (primary N) is 1. The van der Waals surface area contributed by atoms with Crippen LogP contribution in [-0.2, 0) is 0 Å². The summed E-state index contributed by atoms with van der Waals surface area (Å²) in [6.07, 6.45) is 1.56. The van der Waals surface area contributed by atoms with Crippen LogP contribution in [-0.4, -0.2) is 10.1 Å². The summed E-state index contributed by atoms with van der Waals surface area (Å²) in [4.78, 5) is 4.18. The van der Waals surface area contributed by atoms with Crippen molar-refractivity contribution in [2.45, 2.75) is 19.9 Å². The maximum Gasteiger partial charge on any atom is 0.244 e. The first kappa shape index (κ1) is 12.7. The van der Waals surface area contributed by atoms with Crippen LogP contribution < -0.4 is 5.73 Å². The third-order valence-electron chi connectivity index (χ3n) is 2.19. The lowest BCUT2D eigenvalue weighted by Crippen LogP contribution is -2.16. The van der Waals surface area contributed by atoms with Gasteiger partial charge in [-0.05, 0) is 18.1 Å². The average Bonchev–Trinajstić information content (AvgIpc) is 2.86. The van der Waals surface area contributed by atoms with Gasteiger partial charge in [-0.15, -0.1) is 12.4 Å². The van der Waals surface area contributed by atoms with Crippen molar-refractivity contribution in [2.75, 3.05) is 0 Å². The first-order valence-electron chi connectivity index (χ1n) is 4.81. The van der Waals surface area contributed by atoms with Crippen molar-refractivity contribution in [3.8, 4) is 11.6 Å². The molecule has 2 rings (SSSR count). The van der Waals surface area contributed by atoms with Crippen molar-refractivity contribution >= 4 is 12.4 Å². The Kier molecular flexibility index (Phi) is 4.09. The van der Waals surface area contributed by atoms with Crippen molar-refractivity contribution in [1.29, 1.82) is 0 Å². The molecule has 16 heavy (non-hydrogen) atoms. The molecule has 0 saturated carbocycles. The number of hydrogen-bond acceptors (Lipinski definition) is 5. The van der Waals surface area contributed by atoms with Crippen molar-refractivity contribution in [3.63, 3.8) is 0 Å². The largest absolute Gasteiger partial charge is 0.461 e. The lowest BCUT2D eigenvalue weighted by molar-refractivity contribution is 0.324. The van der Waals surface area contributed by atoms with Crippen molar-refractivity contribution in [1.82, 2.24) is 10.1 Å². The number of nitrogens with zero attached hydrogens (tertiary/aromatic N) is 2. The van der Waals surface area contributed by atoms with Gasteiger partial charge in [-0.25, -0.2) is 0 Å². The van der Waals surface area contributed by atoms with Crippen LogP contribution in [0.15, 0.2) is 27.3 Å². The Morgan fingerprint density at radius 1 is 1.38 bits per heavy atom. The van der Waals surface area contributed by atoms with Gasteiger partial charge in [0.15, 0.2) is 5.76 Å². The monoisotopic (exact) mass is 243 g/mol. The van der Waals surface area contributed by atoms with Crippen LogP contribution >= 0.6 is 12.4 Å². The van der Waals surface area contributed by atoms with Gasteiger partial charge in [0, 0.05) is 0 Å². The average molecular weight is 244 g/mol. The number of hydrogen-bond donors (Lipinski definition) is 1. The topological polar surface area (TPSA) is 78.1 Å². The Morgan fingerprint density at radius 2 is 2.12 bits per heavy atom. The van der Waals surface area contributed by atoms with Crippen molar-refractivity contribution < 1.29 is 8.94 Å². The minimum absolute atomic E-state index is 0. The molecule has 2 N–H and O–H groups in total. The second-order valence-electron chi connectivity index (χ2n) is 3.70. The van der Waals surface area contributed by atoms with Gasteiger partial charge in [0.05, 0.1) is 12.3 Å². The zero-order valence-electron chi connectivity index (χ0n) is 9.08. The van der Waals surface area contributed by atoms with E-state index in [1.54, 1.807) is 18.4 Å². The predicted octanol–water partition coefficient (Wildman–Crippen LogP) is 2.41. The second-order valence-corrected chi connectivity index (χ2v) is 3.70. The van der Waals surface area contributed by atoms with Crippen molar-refractivity contribution in [2.24, 2.45) is 11.7 Å². The minimum atomic E-state index is -0.235. The molecule has 0 aliphatic rings. The molecule has 2 aromatic heterocycles. The number of halogens is 1. The quantitative estimate of drug-likeness (QED) is 0.896. The smallest absolute Gasteiger partial charge is 0.244 e. The van der Waals surface area contributed by atoms with E-state index >= 15 is 0 Å². The highest BCUT2D eigenvalue weighted by molar-refractivity contribution is 5.85. The lowest BCUT2D eigenvalue weighted by Gasteiger charge is -2.08. The molecule has 0 spiro atoms. The van der Waals surface area contributed by atoms with E-state index in [0.29, 0.717) is 17.5 Å². The summed E-state index contributed by atoms with van der Waals surface area (Å²) in [6.45, 7) is 4.00. The number of rotatable bonds is 3. The molecule has 0 amide bonds. The van der Waals surface area contributed by atoms with Crippen molar-refractivity contribution in [3.05, 3.63) is 24.3 Å². The molecular formula is C10H14ClN3O2.